The molecule has 4 nitrogen and oxygen atoms in total. The molecule has 0 spiro atoms. The van der Waals surface area contributed by atoms with Gasteiger partial charge in [0.25, 0.3) is 10.0 Å². The molecule has 2 rings (SSSR count). The summed E-state index contributed by atoms with van der Waals surface area (Å²) in [5, 5.41) is 0.184. The fourth-order valence-electron chi connectivity index (χ4n) is 1.74. The molecule has 8 heteroatoms. The van der Waals surface area contributed by atoms with Crippen LogP contribution in [0.5, 0.6) is 5.75 Å². The molecule has 0 atom stereocenters. The average molecular weight is 348 g/mol. The van der Waals surface area contributed by atoms with Crippen molar-refractivity contribution in [1.29, 1.82) is 0 Å². The molecule has 0 aliphatic carbocycles. The van der Waals surface area contributed by atoms with Crippen molar-refractivity contribution in [2.24, 2.45) is 0 Å². The van der Waals surface area contributed by atoms with Crippen LogP contribution in [0.4, 0.5) is 14.5 Å². The highest BCUT2D eigenvalue weighted by Gasteiger charge is 2.22. The summed E-state index contributed by atoms with van der Waals surface area (Å²) in [5.41, 5.74) is -0.371. The number of halogens is 3. The second-order valence-corrected chi connectivity index (χ2v) is 6.34. The maximum atomic E-state index is 13.6. The second-order valence-electron chi connectivity index (χ2n) is 4.25. The van der Waals surface area contributed by atoms with E-state index in [0.29, 0.717) is 6.07 Å². The molecule has 22 heavy (non-hydrogen) atoms. The molecule has 2 aromatic rings. The van der Waals surface area contributed by atoms with Gasteiger partial charge in [-0.05, 0) is 37.3 Å². The van der Waals surface area contributed by atoms with Gasteiger partial charge in [-0.2, -0.15) is 0 Å². The summed E-state index contributed by atoms with van der Waals surface area (Å²) in [6.07, 6.45) is 0. The standard InChI is InChI=1S/C14H12ClF2NO3S/c1-2-21-13-6-3-9(15)7-14(13)22(19,20)18-12-5-4-10(16)8-11(12)17/h3-8,18H,2H2,1H3. The van der Waals surface area contributed by atoms with E-state index >= 15 is 0 Å². The predicted molar refractivity (Wildman–Crippen MR) is 79.8 cm³/mol. The van der Waals surface area contributed by atoms with Crippen molar-refractivity contribution in [3.05, 3.63) is 53.1 Å². The first-order valence-corrected chi connectivity index (χ1v) is 8.10. The van der Waals surface area contributed by atoms with Crippen molar-refractivity contribution < 1.29 is 21.9 Å². The van der Waals surface area contributed by atoms with Gasteiger partial charge in [-0.25, -0.2) is 17.2 Å². The maximum Gasteiger partial charge on any atom is 0.265 e. The number of benzene rings is 2. The van der Waals surface area contributed by atoms with Crippen molar-refractivity contribution in [2.45, 2.75) is 11.8 Å². The minimum atomic E-state index is -4.15. The zero-order chi connectivity index (χ0) is 16.3. The van der Waals surface area contributed by atoms with Gasteiger partial charge in [0.1, 0.15) is 22.3 Å². The van der Waals surface area contributed by atoms with E-state index in [9.17, 15) is 17.2 Å². The zero-order valence-corrected chi connectivity index (χ0v) is 13.0. The lowest BCUT2D eigenvalue weighted by Crippen LogP contribution is -2.15. The normalized spacial score (nSPS) is 11.3. The van der Waals surface area contributed by atoms with Crippen LogP contribution in [0.15, 0.2) is 41.3 Å². The predicted octanol–water partition coefficient (Wildman–Crippen LogP) is 3.82. The monoisotopic (exact) mass is 347 g/mol. The van der Waals surface area contributed by atoms with Gasteiger partial charge >= 0.3 is 0 Å². The van der Waals surface area contributed by atoms with Gasteiger partial charge in [-0.3, -0.25) is 4.72 Å². The molecule has 0 radical (unpaired) electrons. The van der Waals surface area contributed by atoms with Gasteiger partial charge in [0.05, 0.1) is 12.3 Å². The molecular weight excluding hydrogens is 336 g/mol. The first-order valence-electron chi connectivity index (χ1n) is 6.23. The van der Waals surface area contributed by atoms with Crippen molar-refractivity contribution in [3.8, 4) is 5.75 Å². The fraction of sp³-hybridized carbons (Fsp3) is 0.143. The number of rotatable bonds is 5. The van der Waals surface area contributed by atoms with Crippen LogP contribution in [0.1, 0.15) is 6.92 Å². The average Bonchev–Trinajstić information content (AvgIpc) is 2.44. The van der Waals surface area contributed by atoms with Crippen LogP contribution in [0, 0.1) is 11.6 Å². The van der Waals surface area contributed by atoms with E-state index in [-0.39, 0.29) is 28.0 Å². The molecule has 0 fully saturated rings. The summed E-state index contributed by atoms with van der Waals surface area (Å²) < 4.78 is 58.5. The van der Waals surface area contributed by atoms with Gasteiger partial charge in [-0.15, -0.1) is 0 Å². The van der Waals surface area contributed by atoms with Crippen LogP contribution in [0.3, 0.4) is 0 Å². The van der Waals surface area contributed by atoms with Gasteiger partial charge in [0.2, 0.25) is 0 Å². The summed E-state index contributed by atoms with van der Waals surface area (Å²) in [7, 11) is -4.15. The number of ether oxygens (including phenoxy) is 1. The molecule has 0 bridgehead atoms. The van der Waals surface area contributed by atoms with E-state index in [0.717, 1.165) is 12.1 Å². The minimum absolute atomic E-state index is 0.0851. The quantitative estimate of drug-likeness (QED) is 0.894. The van der Waals surface area contributed by atoms with Crippen LogP contribution in [0.2, 0.25) is 5.02 Å². The van der Waals surface area contributed by atoms with Crippen LogP contribution in [0.25, 0.3) is 0 Å². The number of hydrogen-bond acceptors (Lipinski definition) is 3. The Labute approximate surface area is 131 Å². The molecule has 0 aromatic heterocycles. The molecule has 0 unspecified atom stereocenters. The molecule has 0 saturated heterocycles. The van der Waals surface area contributed by atoms with Gasteiger partial charge < -0.3 is 4.74 Å². The lowest BCUT2D eigenvalue weighted by atomic mass is 10.3. The Kier molecular flexibility index (Phi) is 4.87. The Morgan fingerprint density at radius 3 is 2.55 bits per heavy atom. The van der Waals surface area contributed by atoms with E-state index in [4.69, 9.17) is 16.3 Å². The lowest BCUT2D eigenvalue weighted by Gasteiger charge is -2.13. The molecular formula is C14H12ClF2NO3S. The first kappa shape index (κ1) is 16.5. The van der Waals surface area contributed by atoms with E-state index in [2.05, 4.69) is 0 Å². The van der Waals surface area contributed by atoms with Crippen molar-refractivity contribution in [3.63, 3.8) is 0 Å². The van der Waals surface area contributed by atoms with E-state index in [1.807, 2.05) is 4.72 Å². The van der Waals surface area contributed by atoms with Gasteiger partial charge in [0.15, 0.2) is 0 Å². The Hall–Kier alpha value is -1.86. The largest absolute Gasteiger partial charge is 0.492 e. The first-order chi connectivity index (χ1) is 10.3. The highest BCUT2D eigenvalue weighted by Crippen LogP contribution is 2.29. The van der Waals surface area contributed by atoms with Crippen molar-refractivity contribution in [2.75, 3.05) is 11.3 Å². The summed E-state index contributed by atoms with van der Waals surface area (Å²) in [6.45, 7) is 1.94. The minimum Gasteiger partial charge on any atom is -0.492 e. The smallest absolute Gasteiger partial charge is 0.265 e. The lowest BCUT2D eigenvalue weighted by molar-refractivity contribution is 0.331. The van der Waals surface area contributed by atoms with E-state index in [1.54, 1.807) is 6.92 Å². The summed E-state index contributed by atoms with van der Waals surface area (Å²) in [6, 6.07) is 6.59. The van der Waals surface area contributed by atoms with E-state index < -0.39 is 21.7 Å². The number of sulfonamides is 1. The molecule has 0 aliphatic heterocycles. The molecule has 2 aromatic carbocycles. The van der Waals surface area contributed by atoms with Crippen LogP contribution >= 0.6 is 11.6 Å². The van der Waals surface area contributed by atoms with Crippen LogP contribution < -0.4 is 9.46 Å². The third kappa shape index (κ3) is 3.66. The third-order valence-electron chi connectivity index (χ3n) is 2.67. The number of anilines is 1. The van der Waals surface area contributed by atoms with Crippen molar-refractivity contribution in [1.82, 2.24) is 0 Å². The highest BCUT2D eigenvalue weighted by molar-refractivity contribution is 7.92. The molecule has 0 amide bonds. The van der Waals surface area contributed by atoms with E-state index in [1.165, 1.54) is 18.2 Å². The molecule has 118 valence electrons. The molecule has 0 aliphatic rings. The summed E-state index contributed by atoms with van der Waals surface area (Å²) in [5.74, 6) is -1.75. The second kappa shape index (κ2) is 6.50. The van der Waals surface area contributed by atoms with Crippen LogP contribution in [-0.4, -0.2) is 15.0 Å². The van der Waals surface area contributed by atoms with Crippen LogP contribution in [-0.2, 0) is 10.0 Å². The third-order valence-corrected chi connectivity index (χ3v) is 4.29. The number of nitrogens with one attached hydrogen (secondary N) is 1. The Bertz CT molecular complexity index is 797. The number of hydrogen-bond donors (Lipinski definition) is 1. The molecule has 0 saturated carbocycles. The van der Waals surface area contributed by atoms with Gasteiger partial charge in [0, 0.05) is 11.1 Å². The SMILES string of the molecule is CCOc1ccc(Cl)cc1S(=O)(=O)Nc1ccc(F)cc1F. The molecule has 0 heterocycles. The van der Waals surface area contributed by atoms with Gasteiger partial charge in [-0.1, -0.05) is 11.6 Å². The maximum absolute atomic E-state index is 13.6. The topological polar surface area (TPSA) is 55.4 Å². The Morgan fingerprint density at radius 2 is 1.91 bits per heavy atom. The van der Waals surface area contributed by atoms with Crippen molar-refractivity contribution >= 4 is 27.3 Å². The fourth-order valence-corrected chi connectivity index (χ4v) is 3.21. The molecule has 1 N–H and O–H groups in total. The Morgan fingerprint density at radius 1 is 1.18 bits per heavy atom. The zero-order valence-electron chi connectivity index (χ0n) is 11.4. The Balaban J connectivity index is 2.44. The summed E-state index contributed by atoms with van der Waals surface area (Å²) in [4.78, 5) is -0.231. The summed E-state index contributed by atoms with van der Waals surface area (Å²) >= 11 is 5.81. The highest BCUT2D eigenvalue weighted by atomic mass is 35.5.